The zero-order valence-corrected chi connectivity index (χ0v) is 10.7. The maximum absolute atomic E-state index is 11.1. The summed E-state index contributed by atoms with van der Waals surface area (Å²) in [5, 5.41) is 10.9. The van der Waals surface area contributed by atoms with E-state index in [2.05, 4.69) is 0 Å². The summed E-state index contributed by atoms with van der Waals surface area (Å²) in [6.45, 7) is 3.55. The van der Waals surface area contributed by atoms with Crippen molar-refractivity contribution in [1.29, 1.82) is 0 Å². The van der Waals surface area contributed by atoms with Crippen LogP contribution in [0, 0.1) is 13.8 Å². The van der Waals surface area contributed by atoms with Crippen LogP contribution in [0.1, 0.15) is 11.1 Å². The molecule has 4 N–H and O–H groups in total. The van der Waals surface area contributed by atoms with Crippen molar-refractivity contribution in [2.45, 2.75) is 18.7 Å². The van der Waals surface area contributed by atoms with Crippen LogP contribution < -0.4 is 5.73 Å². The molecule has 0 atom stereocenters. The molecule has 0 saturated heterocycles. The number of benzene rings is 2. The lowest BCUT2D eigenvalue weighted by molar-refractivity contribution is 0.476. The number of aromatic hydroxyl groups is 1. The summed E-state index contributed by atoms with van der Waals surface area (Å²) >= 11 is 0. The van der Waals surface area contributed by atoms with Crippen LogP contribution >= 0.6 is 0 Å². The molecule has 18 heavy (non-hydrogen) atoms. The molecular weight excluding hydrogens is 254 g/mol. The normalized spacial score (nSPS) is 11.9. The van der Waals surface area contributed by atoms with Crippen LogP contribution in [0.5, 0.6) is 5.75 Å². The molecule has 0 saturated carbocycles. The van der Waals surface area contributed by atoms with Crippen molar-refractivity contribution in [2.24, 2.45) is 0 Å². The summed E-state index contributed by atoms with van der Waals surface area (Å²) in [5.41, 5.74) is 7.35. The van der Waals surface area contributed by atoms with Crippen LogP contribution in [0.15, 0.2) is 23.1 Å². The Bertz CT molecular complexity index is 750. The van der Waals surface area contributed by atoms with Gasteiger partial charge in [0.1, 0.15) is 5.75 Å². The fourth-order valence-corrected chi connectivity index (χ4v) is 2.46. The average Bonchev–Trinajstić information content (AvgIpc) is 2.23. The van der Waals surface area contributed by atoms with Gasteiger partial charge >= 0.3 is 0 Å². The number of phenols is 1. The Balaban J connectivity index is 2.96. The minimum Gasteiger partial charge on any atom is -0.507 e. The number of nitrogen functional groups attached to an aromatic ring is 1. The monoisotopic (exact) mass is 267 g/mol. The van der Waals surface area contributed by atoms with E-state index in [1.54, 1.807) is 19.9 Å². The first kappa shape index (κ1) is 12.7. The van der Waals surface area contributed by atoms with Gasteiger partial charge in [0.15, 0.2) is 0 Å². The van der Waals surface area contributed by atoms with E-state index in [-0.39, 0.29) is 16.3 Å². The molecule has 0 unspecified atom stereocenters. The summed E-state index contributed by atoms with van der Waals surface area (Å²) in [4.78, 5) is -0.282. The smallest absolute Gasteiger partial charge is 0.294 e. The second kappa shape index (κ2) is 3.86. The second-order valence-electron chi connectivity index (χ2n) is 4.25. The summed E-state index contributed by atoms with van der Waals surface area (Å²) in [7, 11) is -4.31. The Morgan fingerprint density at radius 2 is 1.78 bits per heavy atom. The average molecular weight is 267 g/mol. The molecule has 0 spiro atoms. The van der Waals surface area contributed by atoms with E-state index in [1.165, 1.54) is 6.07 Å². The van der Waals surface area contributed by atoms with E-state index >= 15 is 0 Å². The molecule has 0 aliphatic carbocycles. The molecule has 2 rings (SSSR count). The van der Waals surface area contributed by atoms with Gasteiger partial charge in [-0.3, -0.25) is 4.55 Å². The molecule has 0 heterocycles. The first-order valence-corrected chi connectivity index (χ1v) is 6.65. The van der Waals surface area contributed by atoms with Crippen LogP contribution in [0.2, 0.25) is 0 Å². The lowest BCUT2D eigenvalue weighted by atomic mass is 10.00. The van der Waals surface area contributed by atoms with Crippen molar-refractivity contribution in [1.82, 2.24) is 0 Å². The van der Waals surface area contributed by atoms with E-state index in [9.17, 15) is 13.5 Å². The second-order valence-corrected chi connectivity index (χ2v) is 5.67. The number of anilines is 1. The highest BCUT2D eigenvalue weighted by atomic mass is 32.2. The van der Waals surface area contributed by atoms with Gasteiger partial charge in [-0.25, -0.2) is 0 Å². The molecule has 96 valence electrons. The Morgan fingerprint density at radius 1 is 1.17 bits per heavy atom. The maximum Gasteiger partial charge on any atom is 0.294 e. The van der Waals surface area contributed by atoms with Crippen molar-refractivity contribution in [3.63, 3.8) is 0 Å². The highest BCUT2D eigenvalue weighted by molar-refractivity contribution is 7.85. The van der Waals surface area contributed by atoms with Crippen molar-refractivity contribution in [3.8, 4) is 5.75 Å². The molecule has 2 aromatic carbocycles. The van der Waals surface area contributed by atoms with E-state index in [0.717, 1.165) is 11.6 Å². The lowest BCUT2D eigenvalue weighted by Crippen LogP contribution is -2.00. The topological polar surface area (TPSA) is 101 Å². The molecule has 0 fully saturated rings. The number of phenolic OH excluding ortho intramolecular Hbond substituents is 1. The van der Waals surface area contributed by atoms with Gasteiger partial charge in [0.2, 0.25) is 0 Å². The highest BCUT2D eigenvalue weighted by Gasteiger charge is 2.16. The Hall–Kier alpha value is -1.79. The fraction of sp³-hybridized carbons (Fsp3) is 0.167. The van der Waals surface area contributed by atoms with Crippen LogP contribution in [0.3, 0.4) is 0 Å². The first-order valence-electron chi connectivity index (χ1n) is 5.21. The van der Waals surface area contributed by atoms with Gasteiger partial charge < -0.3 is 10.8 Å². The summed E-state index contributed by atoms with van der Waals surface area (Å²) in [6, 6.07) is 4.13. The molecule has 5 nitrogen and oxygen atoms in total. The quantitative estimate of drug-likeness (QED) is 0.542. The van der Waals surface area contributed by atoms with E-state index in [0.29, 0.717) is 16.3 Å². The molecule has 2 aromatic rings. The zero-order chi connectivity index (χ0) is 13.7. The predicted octanol–water partition coefficient (Wildman–Crippen LogP) is 1.99. The van der Waals surface area contributed by atoms with Crippen molar-refractivity contribution < 1.29 is 18.1 Å². The Labute approximate surface area is 105 Å². The van der Waals surface area contributed by atoms with Gasteiger partial charge in [-0.05, 0) is 42.5 Å². The molecule has 0 amide bonds. The maximum atomic E-state index is 11.1. The van der Waals surface area contributed by atoms with Gasteiger partial charge in [-0.1, -0.05) is 6.07 Å². The fourth-order valence-electron chi connectivity index (χ4n) is 1.91. The third-order valence-electron chi connectivity index (χ3n) is 3.03. The van der Waals surface area contributed by atoms with E-state index in [4.69, 9.17) is 10.3 Å². The van der Waals surface area contributed by atoms with Gasteiger partial charge in [0.05, 0.1) is 4.90 Å². The molecule has 6 heteroatoms. The van der Waals surface area contributed by atoms with Gasteiger partial charge in [0.25, 0.3) is 10.1 Å². The van der Waals surface area contributed by atoms with Gasteiger partial charge in [-0.15, -0.1) is 0 Å². The molecule has 0 radical (unpaired) electrons. The number of rotatable bonds is 1. The van der Waals surface area contributed by atoms with Gasteiger partial charge in [0, 0.05) is 11.1 Å². The predicted molar refractivity (Wildman–Crippen MR) is 69.3 cm³/mol. The zero-order valence-electron chi connectivity index (χ0n) is 9.93. The number of fused-ring (bicyclic) bond motifs is 1. The first-order chi connectivity index (χ1) is 8.21. The number of nitrogens with two attached hydrogens (primary N) is 1. The summed E-state index contributed by atoms with van der Waals surface area (Å²) < 4.78 is 31.2. The largest absolute Gasteiger partial charge is 0.507 e. The van der Waals surface area contributed by atoms with Crippen molar-refractivity contribution in [2.75, 3.05) is 5.73 Å². The Morgan fingerprint density at radius 3 is 2.33 bits per heavy atom. The van der Waals surface area contributed by atoms with Crippen molar-refractivity contribution >= 4 is 26.6 Å². The third-order valence-corrected chi connectivity index (χ3v) is 3.86. The van der Waals surface area contributed by atoms with Crippen LogP contribution in [-0.2, 0) is 10.1 Å². The highest BCUT2D eigenvalue weighted by Crippen LogP contribution is 2.36. The molecule has 0 aromatic heterocycles. The standard InChI is InChI=1S/C12H13NO4S/c1-6-3-8-4-9(18(15,16)17)5-10(13)11(8)12(14)7(6)2/h3-5,14H,13H2,1-2H3,(H,15,16,17). The SMILES string of the molecule is Cc1cc2cc(S(=O)(=O)O)cc(N)c2c(O)c1C. The molecule has 0 bridgehead atoms. The molecular formula is C12H13NO4S. The minimum atomic E-state index is -4.31. The van der Waals surface area contributed by atoms with Crippen LogP contribution in [0.25, 0.3) is 10.8 Å². The summed E-state index contributed by atoms with van der Waals surface area (Å²) in [6.07, 6.45) is 0. The Kier molecular flexibility index (Phi) is 2.71. The van der Waals surface area contributed by atoms with Gasteiger partial charge in [-0.2, -0.15) is 8.42 Å². The minimum absolute atomic E-state index is 0.0318. The number of hydrogen-bond donors (Lipinski definition) is 3. The van der Waals surface area contributed by atoms with Crippen LogP contribution in [0.4, 0.5) is 5.69 Å². The molecule has 0 aliphatic heterocycles. The van der Waals surface area contributed by atoms with E-state index in [1.807, 2.05) is 0 Å². The lowest BCUT2D eigenvalue weighted by Gasteiger charge is -2.11. The number of hydrogen-bond acceptors (Lipinski definition) is 4. The summed E-state index contributed by atoms with van der Waals surface area (Å²) in [5.74, 6) is 0.0318. The van der Waals surface area contributed by atoms with Crippen molar-refractivity contribution in [3.05, 3.63) is 29.3 Å². The molecule has 0 aliphatic rings. The number of aryl methyl sites for hydroxylation is 1. The van der Waals surface area contributed by atoms with E-state index < -0.39 is 10.1 Å². The third kappa shape index (κ3) is 1.89. The van der Waals surface area contributed by atoms with Crippen LogP contribution in [-0.4, -0.2) is 18.1 Å².